The maximum Gasteiger partial charge on any atom is 0.189 e. The number of aliphatic hydroxyl groups is 1. The molecule has 0 aliphatic heterocycles. The monoisotopic (exact) mass is 356 g/mol. The highest BCUT2D eigenvalue weighted by Crippen LogP contribution is 2.32. The number of benzene rings is 2. The van der Waals surface area contributed by atoms with Crippen molar-refractivity contribution in [3.8, 4) is 23.0 Å². The second-order valence-corrected chi connectivity index (χ2v) is 5.81. The summed E-state index contributed by atoms with van der Waals surface area (Å²) in [5.74, 6) is -1.29. The number of carbonyl (C=O) groups is 1. The van der Waals surface area contributed by atoms with E-state index in [1.54, 1.807) is 13.0 Å². The fourth-order valence-electron chi connectivity index (χ4n) is 2.29. The van der Waals surface area contributed by atoms with E-state index >= 15 is 0 Å². The summed E-state index contributed by atoms with van der Waals surface area (Å²) in [6, 6.07) is 6.58. The highest BCUT2D eigenvalue weighted by atomic mass is 16.3. The van der Waals surface area contributed by atoms with Gasteiger partial charge < -0.3 is 25.5 Å². The Kier molecular flexibility index (Phi) is 6.03. The lowest BCUT2D eigenvalue weighted by Crippen LogP contribution is -1.98. The molecule has 0 fully saturated rings. The van der Waals surface area contributed by atoms with Crippen LogP contribution in [0.15, 0.2) is 48.1 Å². The van der Waals surface area contributed by atoms with E-state index in [0.717, 1.165) is 6.07 Å². The van der Waals surface area contributed by atoms with Crippen molar-refractivity contribution >= 4 is 11.9 Å². The predicted molar refractivity (Wildman–Crippen MR) is 97.5 cm³/mol. The van der Waals surface area contributed by atoms with Gasteiger partial charge in [0, 0.05) is 17.2 Å². The van der Waals surface area contributed by atoms with E-state index in [-0.39, 0.29) is 47.2 Å². The van der Waals surface area contributed by atoms with Crippen LogP contribution in [0.5, 0.6) is 23.0 Å². The van der Waals surface area contributed by atoms with Crippen molar-refractivity contribution < 1.29 is 30.3 Å². The predicted octanol–water partition coefficient (Wildman–Crippen LogP) is 2.89. The normalized spacial score (nSPS) is 11.8. The Bertz CT molecular complexity index is 880. The van der Waals surface area contributed by atoms with Crippen LogP contribution in [0.4, 0.5) is 0 Å². The van der Waals surface area contributed by atoms with Gasteiger partial charge in [-0.25, -0.2) is 0 Å². The van der Waals surface area contributed by atoms with Crippen LogP contribution >= 0.6 is 0 Å². The lowest BCUT2D eigenvalue weighted by atomic mass is 10.0. The van der Waals surface area contributed by atoms with Crippen LogP contribution in [0, 0.1) is 0 Å². The summed E-state index contributed by atoms with van der Waals surface area (Å²) in [6.07, 6.45) is 4.34. The topological polar surface area (TPSA) is 118 Å². The largest absolute Gasteiger partial charge is 0.508 e. The fraction of sp³-hybridized carbons (Fsp3) is 0.150. The number of allylic oxidation sites excluding steroid dienone is 2. The maximum atomic E-state index is 12.4. The number of ketones is 1. The Balaban J connectivity index is 2.30. The Morgan fingerprint density at radius 2 is 1.77 bits per heavy atom. The fourth-order valence-corrected chi connectivity index (χ4v) is 2.29. The molecule has 5 N–H and O–H groups in total. The molecule has 0 aromatic heterocycles. The first-order valence-electron chi connectivity index (χ1n) is 7.88. The van der Waals surface area contributed by atoms with Gasteiger partial charge in [-0.05, 0) is 49.8 Å². The van der Waals surface area contributed by atoms with Crippen LogP contribution < -0.4 is 0 Å². The van der Waals surface area contributed by atoms with Crippen molar-refractivity contribution in [3.05, 3.63) is 64.7 Å². The van der Waals surface area contributed by atoms with Crippen LogP contribution in [-0.2, 0) is 6.42 Å². The lowest BCUT2D eigenvalue weighted by molar-refractivity contribution is 0.104. The molecule has 0 radical (unpaired) electrons. The van der Waals surface area contributed by atoms with E-state index in [0.29, 0.717) is 11.1 Å². The molecule has 2 aromatic carbocycles. The van der Waals surface area contributed by atoms with E-state index in [1.807, 2.05) is 0 Å². The van der Waals surface area contributed by atoms with Gasteiger partial charge in [0.2, 0.25) is 0 Å². The number of aromatic hydroxyl groups is 4. The van der Waals surface area contributed by atoms with E-state index in [4.69, 9.17) is 5.11 Å². The zero-order valence-corrected chi connectivity index (χ0v) is 14.2. The molecule has 6 heteroatoms. The summed E-state index contributed by atoms with van der Waals surface area (Å²) < 4.78 is 0. The van der Waals surface area contributed by atoms with Gasteiger partial charge in [0.15, 0.2) is 5.78 Å². The van der Waals surface area contributed by atoms with Crippen molar-refractivity contribution in [1.29, 1.82) is 0 Å². The molecule has 26 heavy (non-hydrogen) atoms. The first-order valence-corrected chi connectivity index (χ1v) is 7.88. The van der Waals surface area contributed by atoms with Crippen LogP contribution in [0.25, 0.3) is 6.08 Å². The van der Waals surface area contributed by atoms with E-state index in [2.05, 4.69) is 0 Å². The molecule has 0 unspecified atom stereocenters. The second-order valence-electron chi connectivity index (χ2n) is 5.81. The highest BCUT2D eigenvalue weighted by Gasteiger charge is 2.15. The Morgan fingerprint density at radius 3 is 2.42 bits per heavy atom. The van der Waals surface area contributed by atoms with Crippen LogP contribution in [0.3, 0.4) is 0 Å². The summed E-state index contributed by atoms with van der Waals surface area (Å²) in [4.78, 5) is 12.4. The number of phenolic OH excluding ortho intramolecular Hbond substituents is 4. The molecule has 0 spiro atoms. The number of hydrogen-bond acceptors (Lipinski definition) is 6. The van der Waals surface area contributed by atoms with Crippen molar-refractivity contribution in [2.45, 2.75) is 13.3 Å². The van der Waals surface area contributed by atoms with Gasteiger partial charge in [-0.3, -0.25) is 4.79 Å². The van der Waals surface area contributed by atoms with Crippen molar-refractivity contribution in [3.63, 3.8) is 0 Å². The molecule has 2 aromatic rings. The summed E-state index contributed by atoms with van der Waals surface area (Å²) in [6.45, 7) is 1.56. The number of aliphatic hydroxyl groups excluding tert-OH is 1. The summed E-state index contributed by atoms with van der Waals surface area (Å²) in [5.41, 5.74) is 1.19. The Labute approximate surface area is 150 Å². The molecule has 0 saturated carbocycles. The minimum absolute atomic E-state index is 0.00219. The summed E-state index contributed by atoms with van der Waals surface area (Å²) >= 11 is 0. The minimum atomic E-state index is -0.515. The first-order chi connectivity index (χ1) is 12.3. The van der Waals surface area contributed by atoms with Crippen LogP contribution in [0.2, 0.25) is 0 Å². The zero-order chi connectivity index (χ0) is 19.3. The third-order valence-corrected chi connectivity index (χ3v) is 3.86. The smallest absolute Gasteiger partial charge is 0.189 e. The number of hydrogen-bond donors (Lipinski definition) is 5. The van der Waals surface area contributed by atoms with Crippen molar-refractivity contribution in [2.24, 2.45) is 0 Å². The number of rotatable bonds is 6. The molecule has 0 heterocycles. The maximum absolute atomic E-state index is 12.4. The highest BCUT2D eigenvalue weighted by molar-refractivity contribution is 6.09. The van der Waals surface area contributed by atoms with Gasteiger partial charge in [-0.1, -0.05) is 11.6 Å². The summed E-state index contributed by atoms with van der Waals surface area (Å²) in [5, 5.41) is 48.2. The molecule has 0 saturated heterocycles. The average Bonchev–Trinajstić information content (AvgIpc) is 2.60. The second kappa shape index (κ2) is 8.22. The molecule has 0 bridgehead atoms. The average molecular weight is 356 g/mol. The molecule has 6 nitrogen and oxygen atoms in total. The number of carbonyl (C=O) groups excluding carboxylic acids is 1. The molecule has 0 amide bonds. The molecule has 0 atom stereocenters. The molecule has 136 valence electrons. The van der Waals surface area contributed by atoms with Gasteiger partial charge >= 0.3 is 0 Å². The van der Waals surface area contributed by atoms with Gasteiger partial charge in [-0.2, -0.15) is 0 Å². The van der Waals surface area contributed by atoms with Gasteiger partial charge in [0.05, 0.1) is 12.2 Å². The van der Waals surface area contributed by atoms with E-state index in [9.17, 15) is 25.2 Å². The SMILES string of the molecule is C/C(=C/Cc1c(O)ccc(C(=O)C=Cc2ccc(O)cc2O)c1O)CO. The van der Waals surface area contributed by atoms with Crippen LogP contribution in [-0.4, -0.2) is 37.9 Å². The van der Waals surface area contributed by atoms with Gasteiger partial charge in [0.25, 0.3) is 0 Å². The van der Waals surface area contributed by atoms with Crippen molar-refractivity contribution in [2.75, 3.05) is 6.61 Å². The van der Waals surface area contributed by atoms with Gasteiger partial charge in [-0.15, -0.1) is 0 Å². The van der Waals surface area contributed by atoms with E-state index < -0.39 is 5.78 Å². The van der Waals surface area contributed by atoms with E-state index in [1.165, 1.54) is 36.4 Å². The molecular weight excluding hydrogens is 336 g/mol. The standard InChI is InChI=1S/C20H20O6/c1-12(11-21)2-6-15-18(24)9-7-16(20(15)26)17(23)8-4-13-3-5-14(22)10-19(13)25/h2-5,7-10,21-22,24-26H,6,11H2,1H3/b8-4?,12-2-. The number of phenols is 4. The Hall–Kier alpha value is -3.25. The zero-order valence-electron chi connectivity index (χ0n) is 14.2. The van der Waals surface area contributed by atoms with Crippen molar-refractivity contribution in [1.82, 2.24) is 0 Å². The Morgan fingerprint density at radius 1 is 1.04 bits per heavy atom. The quantitative estimate of drug-likeness (QED) is 0.309. The minimum Gasteiger partial charge on any atom is -0.508 e. The molecule has 0 aliphatic rings. The first kappa shape index (κ1) is 19.1. The molecular formula is C20H20O6. The third kappa shape index (κ3) is 4.43. The van der Waals surface area contributed by atoms with Gasteiger partial charge in [0.1, 0.15) is 23.0 Å². The van der Waals surface area contributed by atoms with Crippen LogP contribution in [0.1, 0.15) is 28.4 Å². The molecule has 0 aliphatic carbocycles. The third-order valence-electron chi connectivity index (χ3n) is 3.86. The molecule has 2 rings (SSSR count). The summed E-state index contributed by atoms with van der Waals surface area (Å²) in [7, 11) is 0. The lowest BCUT2D eigenvalue weighted by Gasteiger charge is -2.09.